The zero-order valence-corrected chi connectivity index (χ0v) is 7.37. The van der Waals surface area contributed by atoms with Crippen LogP contribution in [0.2, 0.25) is 0 Å². The van der Waals surface area contributed by atoms with Crippen molar-refractivity contribution >= 4 is 9.84 Å². The highest BCUT2D eigenvalue weighted by molar-refractivity contribution is 7.90. The molecule has 0 aromatic rings. The van der Waals surface area contributed by atoms with E-state index in [0.717, 1.165) is 13.1 Å². The summed E-state index contributed by atoms with van der Waals surface area (Å²) in [5.74, 6) is 0.292. The summed E-state index contributed by atoms with van der Waals surface area (Å²) in [5.41, 5.74) is 0. The lowest BCUT2D eigenvalue weighted by molar-refractivity contribution is 0.595. The van der Waals surface area contributed by atoms with Crippen molar-refractivity contribution in [2.75, 3.05) is 25.1 Å². The molecule has 1 N–H and O–H groups in total. The number of hydrogen-bond donors (Lipinski definition) is 1. The number of nitrogens with one attached hydrogen (secondary N) is 1. The summed E-state index contributed by atoms with van der Waals surface area (Å²) >= 11 is 0. The molecule has 0 aliphatic heterocycles. The van der Waals surface area contributed by atoms with Crippen LogP contribution in [0, 0.1) is 0 Å². The molecule has 0 amide bonds. The first-order valence-corrected chi connectivity index (χ1v) is 5.50. The summed E-state index contributed by atoms with van der Waals surface area (Å²) in [5, 5.41) is 3.06. The fourth-order valence-electron chi connectivity index (χ4n) is 0.636. The smallest absolute Gasteiger partial charge is 0.147 e. The lowest BCUT2D eigenvalue weighted by Crippen LogP contribution is -2.17. The molecule has 4 heteroatoms. The molecule has 0 aliphatic rings. The van der Waals surface area contributed by atoms with E-state index < -0.39 is 9.84 Å². The quantitative estimate of drug-likeness (QED) is 0.585. The third-order valence-corrected chi connectivity index (χ3v) is 2.15. The van der Waals surface area contributed by atoms with E-state index in [9.17, 15) is 8.42 Å². The molecular formula is C6H15NO2S. The molecular weight excluding hydrogens is 150 g/mol. The van der Waals surface area contributed by atoms with Crippen molar-refractivity contribution in [3.05, 3.63) is 0 Å². The lowest BCUT2D eigenvalue weighted by atomic mass is 10.5. The summed E-state index contributed by atoms with van der Waals surface area (Å²) in [7, 11) is -2.74. The summed E-state index contributed by atoms with van der Waals surface area (Å²) in [4.78, 5) is 0. The molecule has 0 fully saturated rings. The van der Waals surface area contributed by atoms with Crippen molar-refractivity contribution in [1.82, 2.24) is 5.32 Å². The van der Waals surface area contributed by atoms with E-state index in [4.69, 9.17) is 0 Å². The Labute approximate surface area is 62.7 Å². The summed E-state index contributed by atoms with van der Waals surface area (Å²) in [6.45, 7) is 3.70. The van der Waals surface area contributed by atoms with Crippen LogP contribution in [0.4, 0.5) is 0 Å². The van der Waals surface area contributed by atoms with Crippen molar-refractivity contribution < 1.29 is 8.42 Å². The maximum absolute atomic E-state index is 10.6. The number of hydrogen-bond acceptors (Lipinski definition) is 3. The van der Waals surface area contributed by atoms with Crippen molar-refractivity contribution in [3.63, 3.8) is 0 Å². The van der Waals surface area contributed by atoms with Gasteiger partial charge in [-0.25, -0.2) is 8.42 Å². The van der Waals surface area contributed by atoms with Gasteiger partial charge in [-0.2, -0.15) is 0 Å². The summed E-state index contributed by atoms with van der Waals surface area (Å²) in [6, 6.07) is 0. The van der Waals surface area contributed by atoms with Crippen LogP contribution < -0.4 is 5.32 Å². The maximum atomic E-state index is 10.6. The largest absolute Gasteiger partial charge is 0.317 e. The molecule has 0 unspecified atom stereocenters. The van der Waals surface area contributed by atoms with Crippen LogP contribution in [0.1, 0.15) is 13.3 Å². The third-order valence-electron chi connectivity index (χ3n) is 1.12. The van der Waals surface area contributed by atoms with E-state index in [-0.39, 0.29) is 0 Å². The predicted octanol–water partition coefficient (Wildman–Crippen LogP) is 0.0306. The van der Waals surface area contributed by atoms with Crippen LogP contribution in [-0.2, 0) is 9.84 Å². The lowest BCUT2D eigenvalue weighted by Gasteiger charge is -1.98. The SMILES string of the molecule is CCNCCCS(C)(=O)=O. The first-order valence-electron chi connectivity index (χ1n) is 3.44. The maximum Gasteiger partial charge on any atom is 0.147 e. The van der Waals surface area contributed by atoms with Gasteiger partial charge in [-0.1, -0.05) is 6.92 Å². The Balaban J connectivity index is 3.21. The molecule has 0 saturated carbocycles. The third kappa shape index (κ3) is 7.91. The van der Waals surface area contributed by atoms with Gasteiger partial charge in [0.2, 0.25) is 0 Å². The second-order valence-electron chi connectivity index (χ2n) is 2.34. The normalized spacial score (nSPS) is 11.8. The van der Waals surface area contributed by atoms with Crippen molar-refractivity contribution in [2.45, 2.75) is 13.3 Å². The Kier molecular flexibility index (Phi) is 4.64. The zero-order valence-electron chi connectivity index (χ0n) is 6.55. The first kappa shape index (κ1) is 9.91. The van der Waals surface area contributed by atoms with Crippen LogP contribution >= 0.6 is 0 Å². The fraction of sp³-hybridized carbons (Fsp3) is 1.00. The van der Waals surface area contributed by atoms with Gasteiger partial charge in [0.05, 0.1) is 5.75 Å². The molecule has 62 valence electrons. The van der Waals surface area contributed by atoms with E-state index >= 15 is 0 Å². The highest BCUT2D eigenvalue weighted by atomic mass is 32.2. The molecule has 0 aliphatic carbocycles. The van der Waals surface area contributed by atoms with E-state index in [1.165, 1.54) is 6.26 Å². The minimum atomic E-state index is -2.74. The molecule has 10 heavy (non-hydrogen) atoms. The van der Waals surface area contributed by atoms with Gasteiger partial charge >= 0.3 is 0 Å². The molecule has 0 aromatic heterocycles. The highest BCUT2D eigenvalue weighted by Crippen LogP contribution is 1.85. The van der Waals surface area contributed by atoms with Gasteiger partial charge in [0, 0.05) is 6.26 Å². The molecule has 0 rings (SSSR count). The van der Waals surface area contributed by atoms with Crippen LogP contribution in [-0.4, -0.2) is 33.5 Å². The standard InChI is InChI=1S/C6H15NO2S/c1-3-7-5-4-6-10(2,8)9/h7H,3-6H2,1-2H3. The molecule has 0 spiro atoms. The van der Waals surface area contributed by atoms with Gasteiger partial charge in [0.15, 0.2) is 0 Å². The second kappa shape index (κ2) is 4.68. The zero-order chi connectivity index (χ0) is 8.04. The minimum absolute atomic E-state index is 0.292. The van der Waals surface area contributed by atoms with Crippen LogP contribution in [0.3, 0.4) is 0 Å². The van der Waals surface area contributed by atoms with E-state index in [1.807, 2.05) is 6.92 Å². The fourth-order valence-corrected chi connectivity index (χ4v) is 1.30. The monoisotopic (exact) mass is 165 g/mol. The number of sulfone groups is 1. The molecule has 0 heterocycles. The van der Waals surface area contributed by atoms with Gasteiger partial charge in [-0.05, 0) is 19.5 Å². The second-order valence-corrected chi connectivity index (χ2v) is 4.60. The molecule has 0 saturated heterocycles. The van der Waals surface area contributed by atoms with Gasteiger partial charge < -0.3 is 5.32 Å². The van der Waals surface area contributed by atoms with E-state index in [1.54, 1.807) is 0 Å². The average Bonchev–Trinajstić information content (AvgIpc) is 1.78. The Bertz CT molecular complexity index is 163. The predicted molar refractivity (Wildman–Crippen MR) is 42.9 cm³/mol. The molecule has 0 aromatic carbocycles. The van der Waals surface area contributed by atoms with Crippen LogP contribution in [0.5, 0.6) is 0 Å². The van der Waals surface area contributed by atoms with Crippen molar-refractivity contribution in [3.8, 4) is 0 Å². The molecule has 0 radical (unpaired) electrons. The molecule has 0 atom stereocenters. The van der Waals surface area contributed by atoms with E-state index in [2.05, 4.69) is 5.32 Å². The van der Waals surface area contributed by atoms with Gasteiger partial charge in [0.1, 0.15) is 9.84 Å². The minimum Gasteiger partial charge on any atom is -0.317 e. The van der Waals surface area contributed by atoms with Gasteiger partial charge in [0.25, 0.3) is 0 Å². The van der Waals surface area contributed by atoms with Gasteiger partial charge in [-0.3, -0.25) is 0 Å². The Morgan fingerprint density at radius 3 is 2.40 bits per heavy atom. The van der Waals surface area contributed by atoms with Gasteiger partial charge in [-0.15, -0.1) is 0 Å². The Morgan fingerprint density at radius 2 is 2.00 bits per heavy atom. The Hall–Kier alpha value is -0.0900. The summed E-state index contributed by atoms with van der Waals surface area (Å²) in [6.07, 6.45) is 1.98. The van der Waals surface area contributed by atoms with Crippen molar-refractivity contribution in [2.24, 2.45) is 0 Å². The molecule has 3 nitrogen and oxygen atoms in total. The first-order chi connectivity index (χ1) is 4.56. The van der Waals surface area contributed by atoms with Crippen LogP contribution in [0.25, 0.3) is 0 Å². The topological polar surface area (TPSA) is 46.2 Å². The summed E-state index contributed by atoms with van der Waals surface area (Å²) < 4.78 is 21.1. The van der Waals surface area contributed by atoms with Crippen LogP contribution in [0.15, 0.2) is 0 Å². The van der Waals surface area contributed by atoms with Crippen molar-refractivity contribution in [1.29, 1.82) is 0 Å². The van der Waals surface area contributed by atoms with E-state index in [0.29, 0.717) is 12.2 Å². The number of rotatable bonds is 5. The molecule has 0 bridgehead atoms. The Morgan fingerprint density at radius 1 is 1.40 bits per heavy atom. The average molecular weight is 165 g/mol. The highest BCUT2D eigenvalue weighted by Gasteiger charge is 1.99.